The maximum Gasteiger partial charge on any atom is 0.414 e. The summed E-state index contributed by atoms with van der Waals surface area (Å²) in [4.78, 5) is 31.2. The van der Waals surface area contributed by atoms with Crippen molar-refractivity contribution < 1.29 is 14.3 Å². The third-order valence-corrected chi connectivity index (χ3v) is 6.19. The normalized spacial score (nSPS) is 15.8. The first-order valence-electron chi connectivity index (χ1n) is 10.6. The highest BCUT2D eigenvalue weighted by molar-refractivity contribution is 7.80. The first-order valence-corrected chi connectivity index (χ1v) is 11.4. The van der Waals surface area contributed by atoms with Crippen LogP contribution in [-0.2, 0) is 11.2 Å². The van der Waals surface area contributed by atoms with E-state index in [1.54, 1.807) is 18.2 Å². The second kappa shape index (κ2) is 10.6. The van der Waals surface area contributed by atoms with Crippen LogP contribution in [0.4, 0.5) is 16.2 Å². The van der Waals surface area contributed by atoms with Crippen LogP contribution >= 0.6 is 24.2 Å². The van der Waals surface area contributed by atoms with Gasteiger partial charge in [-0.15, -0.1) is 12.6 Å². The number of carbonyl (C=O) groups is 2. The summed E-state index contributed by atoms with van der Waals surface area (Å²) >= 11 is 10.3. The number of hydrogen-bond donors (Lipinski definition) is 3. The average Bonchev–Trinajstić information content (AvgIpc) is 3.21. The predicted octanol–water partition coefficient (Wildman–Crippen LogP) is 4.62. The molecule has 1 unspecified atom stereocenters. The second-order valence-corrected chi connectivity index (χ2v) is 8.60. The Hall–Kier alpha value is -3.49. The Morgan fingerprint density at radius 2 is 1.85 bits per heavy atom. The molecule has 2 amide bonds. The molecule has 3 aromatic carbocycles. The lowest BCUT2D eigenvalue weighted by molar-refractivity contribution is 0.0913. The van der Waals surface area contributed by atoms with E-state index in [1.807, 2.05) is 54.6 Å². The van der Waals surface area contributed by atoms with Crippen molar-refractivity contribution in [2.24, 2.45) is 10.7 Å². The first-order chi connectivity index (χ1) is 16.4. The lowest BCUT2D eigenvalue weighted by atomic mass is 10.1. The third-order valence-electron chi connectivity index (χ3n) is 5.26. The molecule has 174 valence electrons. The van der Waals surface area contributed by atoms with E-state index >= 15 is 0 Å². The largest absolute Gasteiger partial charge is 0.442 e. The highest BCUT2D eigenvalue weighted by Crippen LogP contribution is 2.25. The third kappa shape index (κ3) is 5.70. The highest BCUT2D eigenvalue weighted by Gasteiger charge is 2.32. The smallest absolute Gasteiger partial charge is 0.414 e. The number of benzene rings is 3. The molecule has 4 rings (SSSR count). The molecule has 34 heavy (non-hydrogen) atoms. The molecule has 7 nitrogen and oxygen atoms in total. The van der Waals surface area contributed by atoms with Crippen LogP contribution in [0.5, 0.6) is 0 Å². The Morgan fingerprint density at radius 1 is 1.12 bits per heavy atom. The summed E-state index contributed by atoms with van der Waals surface area (Å²) in [7, 11) is 0. The van der Waals surface area contributed by atoms with Gasteiger partial charge in [-0.3, -0.25) is 9.69 Å². The zero-order valence-corrected chi connectivity index (χ0v) is 19.8. The SMILES string of the molecule is NC(Cc1ccc(N2CC(CNC(=O)c3cccc(Cl)c3S)OC2=O)cc1)=Nc1ccccc1. The van der Waals surface area contributed by atoms with Crippen LogP contribution in [0, 0.1) is 0 Å². The fourth-order valence-electron chi connectivity index (χ4n) is 3.55. The van der Waals surface area contributed by atoms with E-state index in [2.05, 4.69) is 22.9 Å². The summed E-state index contributed by atoms with van der Waals surface area (Å²) in [5.41, 5.74) is 8.92. The van der Waals surface area contributed by atoms with Gasteiger partial charge in [-0.2, -0.15) is 0 Å². The van der Waals surface area contributed by atoms with Gasteiger partial charge in [0.05, 0.1) is 29.4 Å². The summed E-state index contributed by atoms with van der Waals surface area (Å²) in [5.74, 6) is 0.167. The summed E-state index contributed by atoms with van der Waals surface area (Å²) in [6.07, 6.45) is -0.451. The fraction of sp³-hybridized carbons (Fsp3) is 0.160. The van der Waals surface area contributed by atoms with Gasteiger partial charge in [-0.1, -0.05) is 48.0 Å². The molecule has 9 heteroatoms. The quantitative estimate of drug-likeness (QED) is 0.254. The minimum atomic E-state index is -0.479. The van der Waals surface area contributed by atoms with E-state index in [0.717, 1.165) is 11.3 Å². The van der Waals surface area contributed by atoms with Gasteiger partial charge in [0, 0.05) is 17.0 Å². The number of rotatable bonds is 7. The molecule has 0 spiro atoms. The maximum absolute atomic E-state index is 12.5. The zero-order valence-electron chi connectivity index (χ0n) is 18.1. The van der Waals surface area contributed by atoms with E-state index < -0.39 is 12.2 Å². The molecule has 0 aromatic heterocycles. The summed E-state index contributed by atoms with van der Waals surface area (Å²) in [6, 6.07) is 22.0. The van der Waals surface area contributed by atoms with E-state index in [1.165, 1.54) is 4.90 Å². The van der Waals surface area contributed by atoms with Gasteiger partial charge in [0.15, 0.2) is 0 Å². The Bertz CT molecular complexity index is 1220. The molecule has 1 atom stereocenters. The number of nitrogens with zero attached hydrogens (tertiary/aromatic N) is 2. The van der Waals surface area contributed by atoms with E-state index in [0.29, 0.717) is 40.0 Å². The number of hydrogen-bond acceptors (Lipinski definition) is 5. The molecule has 3 N–H and O–H groups in total. The van der Waals surface area contributed by atoms with Crippen LogP contribution in [0.1, 0.15) is 15.9 Å². The standard InChI is InChI=1S/C25H23ClN4O3S/c26-21-8-4-7-20(23(21)34)24(31)28-14-19-15-30(25(32)33-19)18-11-9-16(10-12-18)13-22(27)29-17-5-2-1-3-6-17/h1-12,19,34H,13-15H2,(H2,27,29)(H,28,31). The first kappa shape index (κ1) is 23.7. The van der Waals surface area contributed by atoms with Gasteiger partial charge in [0.2, 0.25) is 0 Å². The second-order valence-electron chi connectivity index (χ2n) is 7.74. The number of thiol groups is 1. The number of nitrogens with two attached hydrogens (primary N) is 1. The van der Waals surface area contributed by atoms with Crippen LogP contribution in [0.25, 0.3) is 0 Å². The predicted molar refractivity (Wildman–Crippen MR) is 137 cm³/mol. The minimum Gasteiger partial charge on any atom is -0.442 e. The number of ether oxygens (including phenoxy) is 1. The molecule has 0 aliphatic carbocycles. The van der Waals surface area contributed by atoms with Gasteiger partial charge in [0.1, 0.15) is 11.9 Å². The molecule has 1 heterocycles. The van der Waals surface area contributed by atoms with Crippen molar-refractivity contribution in [1.82, 2.24) is 5.32 Å². The molecule has 1 fully saturated rings. The summed E-state index contributed by atoms with van der Waals surface area (Å²) < 4.78 is 5.42. The lowest BCUT2D eigenvalue weighted by Crippen LogP contribution is -2.34. The Labute approximate surface area is 208 Å². The molecular weight excluding hydrogens is 472 g/mol. The Balaban J connectivity index is 1.33. The van der Waals surface area contributed by atoms with Gasteiger partial charge < -0.3 is 15.8 Å². The summed E-state index contributed by atoms with van der Waals surface area (Å²) in [6.45, 7) is 0.491. The zero-order chi connectivity index (χ0) is 24.1. The van der Waals surface area contributed by atoms with Crippen molar-refractivity contribution in [1.29, 1.82) is 0 Å². The fourth-order valence-corrected chi connectivity index (χ4v) is 3.97. The van der Waals surface area contributed by atoms with Gasteiger partial charge >= 0.3 is 6.09 Å². The molecule has 0 bridgehead atoms. The number of anilines is 1. The number of nitrogens with one attached hydrogen (secondary N) is 1. The van der Waals surface area contributed by atoms with Crippen LogP contribution in [0.3, 0.4) is 0 Å². The van der Waals surface area contributed by atoms with Crippen molar-refractivity contribution in [2.75, 3.05) is 18.0 Å². The van der Waals surface area contributed by atoms with Gasteiger partial charge in [-0.05, 0) is 42.0 Å². The summed E-state index contributed by atoms with van der Waals surface area (Å²) in [5, 5.41) is 3.17. The Kier molecular flexibility index (Phi) is 7.40. The lowest BCUT2D eigenvalue weighted by Gasteiger charge is -2.14. The Morgan fingerprint density at radius 3 is 2.59 bits per heavy atom. The molecule has 3 aromatic rings. The number of cyclic esters (lactones) is 1. The van der Waals surface area contributed by atoms with E-state index in [-0.39, 0.29) is 12.5 Å². The molecule has 1 aliphatic heterocycles. The van der Waals surface area contributed by atoms with Crippen molar-refractivity contribution in [2.45, 2.75) is 17.4 Å². The number of para-hydroxylation sites is 1. The van der Waals surface area contributed by atoms with Gasteiger partial charge in [0.25, 0.3) is 5.91 Å². The molecule has 0 saturated carbocycles. The molecule has 0 radical (unpaired) electrons. The number of aliphatic imine (C=N–C) groups is 1. The number of carbonyl (C=O) groups excluding carboxylic acids is 2. The average molecular weight is 495 g/mol. The van der Waals surface area contributed by atoms with Crippen LogP contribution in [-0.4, -0.2) is 37.0 Å². The topological polar surface area (TPSA) is 97.0 Å². The molecule has 1 saturated heterocycles. The van der Waals surface area contributed by atoms with Crippen LogP contribution in [0.2, 0.25) is 5.02 Å². The van der Waals surface area contributed by atoms with Gasteiger partial charge in [-0.25, -0.2) is 9.79 Å². The maximum atomic E-state index is 12.5. The number of halogens is 1. The van der Waals surface area contributed by atoms with E-state index in [4.69, 9.17) is 22.1 Å². The minimum absolute atomic E-state index is 0.172. The van der Waals surface area contributed by atoms with Crippen LogP contribution < -0.4 is 16.0 Å². The molecule has 1 aliphatic rings. The monoisotopic (exact) mass is 494 g/mol. The van der Waals surface area contributed by atoms with Crippen molar-refractivity contribution >= 4 is 53.4 Å². The molecular formula is C25H23ClN4O3S. The van der Waals surface area contributed by atoms with Crippen LogP contribution in [0.15, 0.2) is 82.7 Å². The van der Waals surface area contributed by atoms with Crippen molar-refractivity contribution in [3.8, 4) is 0 Å². The van der Waals surface area contributed by atoms with Crippen molar-refractivity contribution in [3.05, 3.63) is 88.9 Å². The number of amidine groups is 1. The number of amides is 2. The van der Waals surface area contributed by atoms with Crippen molar-refractivity contribution in [3.63, 3.8) is 0 Å². The highest BCUT2D eigenvalue weighted by atomic mass is 35.5. The van der Waals surface area contributed by atoms with E-state index in [9.17, 15) is 9.59 Å².